The third-order valence-corrected chi connectivity index (χ3v) is 10.5. The van der Waals surface area contributed by atoms with Gasteiger partial charge < -0.3 is 27.7 Å². The minimum absolute atomic E-state index is 0.00140. The lowest BCUT2D eigenvalue weighted by Gasteiger charge is -2.12. The second-order valence-corrected chi connectivity index (χ2v) is 15.2. The Hall–Kier alpha value is -7.09. The van der Waals surface area contributed by atoms with E-state index >= 15 is 0 Å². The van der Waals surface area contributed by atoms with Crippen molar-refractivity contribution in [2.24, 2.45) is 11.5 Å². The highest BCUT2D eigenvalue weighted by Gasteiger charge is 2.25. The Morgan fingerprint density at radius 1 is 0.667 bits per heavy atom. The topological polar surface area (TPSA) is 156 Å². The van der Waals surface area contributed by atoms with Gasteiger partial charge in [-0.25, -0.2) is 0 Å². The van der Waals surface area contributed by atoms with Crippen LogP contribution >= 0.6 is 0 Å². The second-order valence-electron chi connectivity index (χ2n) is 15.2. The summed E-state index contributed by atoms with van der Waals surface area (Å²) in [5, 5.41) is 23.8. The van der Waals surface area contributed by atoms with Crippen LogP contribution in [0.15, 0.2) is 186 Å². The number of Topliss-reactive ketones (excluding diaryl/α,β-unsaturated/α-hetero) is 1. The maximum atomic E-state index is 12.8. The van der Waals surface area contributed by atoms with Crippen molar-refractivity contribution in [1.29, 1.82) is 5.41 Å². The van der Waals surface area contributed by atoms with Crippen LogP contribution in [-0.4, -0.2) is 29.6 Å². The first-order chi connectivity index (χ1) is 31.8. The van der Waals surface area contributed by atoms with Crippen LogP contribution in [-0.2, 0) is 22.4 Å². The number of fused-ring (bicyclic) bond motifs is 2. The molecule has 346 valence electrons. The summed E-state index contributed by atoms with van der Waals surface area (Å²) in [6.07, 6.45) is 11.6. The molecule has 0 bridgehead atoms. The zero-order valence-corrected chi connectivity index (χ0v) is 40.8. The van der Waals surface area contributed by atoms with Crippen molar-refractivity contribution in [2.45, 2.75) is 88.0 Å². The number of allylic oxidation sites excluding steroid dienone is 10. The smallest absolute Gasteiger partial charge is 0.214 e. The third-order valence-electron chi connectivity index (χ3n) is 10.5. The molecule has 7 rings (SSSR count). The molecule has 1 amide bonds. The molecule has 6 aromatic rings. The minimum Gasteiger partial charge on any atom is -0.512 e. The Morgan fingerprint density at radius 2 is 1.14 bits per heavy atom. The van der Waals surface area contributed by atoms with Crippen molar-refractivity contribution >= 4 is 50.2 Å². The number of nitrogens with two attached hydrogens (primary N) is 3. The quantitative estimate of drug-likeness (QED) is 0.0423. The van der Waals surface area contributed by atoms with Crippen molar-refractivity contribution in [3.05, 3.63) is 214 Å². The zero-order valence-electron chi connectivity index (χ0n) is 40.8. The number of primary amides is 1. The summed E-state index contributed by atoms with van der Waals surface area (Å²) in [4.78, 5) is 22.0. The van der Waals surface area contributed by atoms with E-state index in [0.717, 1.165) is 85.5 Å². The van der Waals surface area contributed by atoms with E-state index < -0.39 is 0 Å². The number of ketones is 1. The number of hydrogen-bond acceptors (Lipinski definition) is 6. The predicted molar refractivity (Wildman–Crippen MR) is 285 cm³/mol. The van der Waals surface area contributed by atoms with Gasteiger partial charge in [0.25, 0.3) is 0 Å². The van der Waals surface area contributed by atoms with Gasteiger partial charge in [0.1, 0.15) is 5.76 Å². The van der Waals surface area contributed by atoms with Crippen LogP contribution in [0.5, 0.6) is 0 Å². The molecule has 6 aromatic carbocycles. The molecule has 0 spiro atoms. The van der Waals surface area contributed by atoms with Gasteiger partial charge in [0, 0.05) is 23.6 Å². The van der Waals surface area contributed by atoms with Gasteiger partial charge in [0.2, 0.25) is 5.91 Å². The van der Waals surface area contributed by atoms with Crippen molar-refractivity contribution in [2.75, 3.05) is 12.8 Å². The summed E-state index contributed by atoms with van der Waals surface area (Å²) >= 11 is 0. The minimum atomic E-state index is -0.333. The number of carbonyl (C=O) groups excluding carboxylic acids is 2. The lowest BCUT2D eigenvalue weighted by molar-refractivity contribution is -0.116. The highest BCUT2D eigenvalue weighted by molar-refractivity contribution is 6.15. The van der Waals surface area contributed by atoms with E-state index in [0.29, 0.717) is 17.7 Å². The Bertz CT molecular complexity index is 2610. The average molecular weight is 885 g/mol. The molecule has 0 unspecified atom stereocenters. The first-order valence-electron chi connectivity index (χ1n) is 22.7. The van der Waals surface area contributed by atoms with Gasteiger partial charge in [-0.15, -0.1) is 0 Å². The highest BCUT2D eigenvalue weighted by atomic mass is 16.3. The number of benzene rings is 6. The number of aliphatic hydroxyl groups excluding tert-OH is 1. The molecule has 0 fully saturated rings. The number of carbonyl (C=O) groups is 2. The largest absolute Gasteiger partial charge is 0.512 e. The fraction of sp³-hybridized carbons (Fsp3) is 0.237. The third kappa shape index (κ3) is 16.5. The van der Waals surface area contributed by atoms with Gasteiger partial charge in [0.05, 0.1) is 11.3 Å². The van der Waals surface area contributed by atoms with Gasteiger partial charge in [0.15, 0.2) is 5.78 Å². The summed E-state index contributed by atoms with van der Waals surface area (Å²) in [6, 6.07) is 45.2. The first-order valence-corrected chi connectivity index (χ1v) is 22.7. The van der Waals surface area contributed by atoms with Crippen LogP contribution in [0, 0.1) is 12.3 Å². The maximum Gasteiger partial charge on any atom is 0.214 e. The predicted octanol–water partition coefficient (Wildman–Crippen LogP) is 13.9. The van der Waals surface area contributed by atoms with Crippen LogP contribution in [0.2, 0.25) is 0 Å². The molecule has 8 N–H and O–H groups in total. The molecule has 0 heterocycles. The number of anilines is 1. The molecule has 0 atom stereocenters. The van der Waals surface area contributed by atoms with E-state index in [2.05, 4.69) is 136 Å². The van der Waals surface area contributed by atoms with Gasteiger partial charge in [-0.3, -0.25) is 9.59 Å². The Morgan fingerprint density at radius 3 is 1.61 bits per heavy atom. The van der Waals surface area contributed by atoms with Crippen LogP contribution in [0.3, 0.4) is 0 Å². The molecule has 0 aliphatic heterocycles. The van der Waals surface area contributed by atoms with Gasteiger partial charge in [-0.05, 0) is 133 Å². The van der Waals surface area contributed by atoms with Crippen LogP contribution in [0.1, 0.15) is 96.0 Å². The number of nitrogen functional groups attached to an aromatic ring is 1. The van der Waals surface area contributed by atoms with E-state index in [-0.39, 0.29) is 17.4 Å². The molecule has 0 aromatic heterocycles. The summed E-state index contributed by atoms with van der Waals surface area (Å²) < 4.78 is 0. The maximum absolute atomic E-state index is 12.8. The fourth-order valence-corrected chi connectivity index (χ4v) is 7.46. The summed E-state index contributed by atoms with van der Waals surface area (Å²) in [5.41, 5.74) is 26.4. The lowest BCUT2D eigenvalue weighted by atomic mass is 9.92. The van der Waals surface area contributed by atoms with Crippen LogP contribution in [0.25, 0.3) is 27.1 Å². The molecule has 1 aliphatic carbocycles. The van der Waals surface area contributed by atoms with Crippen LogP contribution < -0.4 is 17.2 Å². The first kappa shape index (κ1) is 55.0. The van der Waals surface area contributed by atoms with Gasteiger partial charge >= 0.3 is 0 Å². The Balaban J connectivity index is 0.000000507. The molecule has 66 heavy (non-hydrogen) atoms. The molecule has 7 nitrogen and oxygen atoms in total. The fourth-order valence-electron chi connectivity index (χ4n) is 7.46. The average Bonchev–Trinajstić information content (AvgIpc) is 3.72. The van der Waals surface area contributed by atoms with Crippen molar-refractivity contribution in [3.63, 3.8) is 0 Å². The van der Waals surface area contributed by atoms with Crippen molar-refractivity contribution < 1.29 is 14.7 Å². The standard InChI is InChI=1S/C38H36N2O2.2C8H10.C2H5NO.C2H6.CH5N/c1-23(31-14-6-12-28-13-8-16-34(40)38(28)31)17-18-29-19-20-30(37(29)36(25(3)41)26(4)42)21-22-33(39)32-15-7-11-27-10-5-9-24(2)35(27)32;2*1-2-8-6-4-3-5-7-8;1-2(3)4;2*1-2/h5-18,21-22,39,41H,19-20,40H2,1-4H3;2*3-7H,2H2,1H3;1H3,(H2,3,4);1-2H3;2H2,1H3/b22-21?,23-17+,29-18-,36-25?,39-33?;;;;;. The Labute approximate surface area is 394 Å². The summed E-state index contributed by atoms with van der Waals surface area (Å²) in [6.45, 7) is 16.8. The van der Waals surface area contributed by atoms with E-state index in [4.69, 9.17) is 11.1 Å². The van der Waals surface area contributed by atoms with Crippen molar-refractivity contribution in [1.82, 2.24) is 0 Å². The molecule has 7 heteroatoms. The summed E-state index contributed by atoms with van der Waals surface area (Å²) in [5.74, 6) is -0.524. The molecule has 0 saturated carbocycles. The lowest BCUT2D eigenvalue weighted by Crippen LogP contribution is -2.05. The van der Waals surface area contributed by atoms with Gasteiger partial charge in [-0.2, -0.15) is 0 Å². The SMILES string of the molecule is CC.CC(=O)C(=C(C)O)C1=C(C=CC(=N)c2cccc3cccc(C)c23)CC/C1=C/C=C(\C)c1cccc2cccc(N)c12.CC(N)=O.CCc1ccccc1.CCc1ccccc1.CN. The van der Waals surface area contributed by atoms with E-state index in [1.54, 1.807) is 6.92 Å². The zero-order chi connectivity index (χ0) is 49.2. The Kier molecular flexibility index (Phi) is 24.5. The normalized spacial score (nSPS) is 12.8. The van der Waals surface area contributed by atoms with Crippen molar-refractivity contribution in [3.8, 4) is 0 Å². The van der Waals surface area contributed by atoms with Gasteiger partial charge in [-0.1, -0.05) is 173 Å². The number of rotatable bonds is 9. The molecule has 1 aliphatic rings. The van der Waals surface area contributed by atoms with E-state index in [1.807, 2.05) is 74.5 Å². The van der Waals surface area contributed by atoms with E-state index in [1.165, 1.54) is 32.0 Å². The molecule has 0 saturated heterocycles. The monoisotopic (exact) mass is 885 g/mol. The number of aliphatic hydroxyl groups is 1. The van der Waals surface area contributed by atoms with Crippen LogP contribution in [0.4, 0.5) is 5.69 Å². The number of aryl methyl sites for hydroxylation is 3. The number of nitrogens with one attached hydrogen (secondary N) is 1. The second kappa shape index (κ2) is 29.4. The number of hydrogen-bond donors (Lipinski definition) is 5. The van der Waals surface area contributed by atoms with E-state index in [9.17, 15) is 14.7 Å². The molecular formula is C59H72N4O3. The molecule has 0 radical (unpaired) electrons. The number of amides is 1. The summed E-state index contributed by atoms with van der Waals surface area (Å²) in [7, 11) is 1.50. The molecular weight excluding hydrogens is 813 g/mol. The highest BCUT2D eigenvalue weighted by Crippen LogP contribution is 2.39.